The molecule has 2 atom stereocenters. The molecule has 0 amide bonds. The molecule has 2 heterocycles. The van der Waals surface area contributed by atoms with Crippen molar-refractivity contribution in [1.29, 1.82) is 0 Å². The van der Waals surface area contributed by atoms with Gasteiger partial charge in [0.25, 0.3) is 10.0 Å². The second-order valence-corrected chi connectivity index (χ2v) is 7.34. The normalized spacial score (nSPS) is 22.1. The van der Waals surface area contributed by atoms with Crippen molar-refractivity contribution in [3.63, 3.8) is 0 Å². The lowest BCUT2D eigenvalue weighted by Gasteiger charge is -2.29. The van der Waals surface area contributed by atoms with Crippen molar-refractivity contribution in [1.82, 2.24) is 13.9 Å². The highest BCUT2D eigenvalue weighted by molar-refractivity contribution is 7.89. The molecule has 8 heteroatoms. The van der Waals surface area contributed by atoms with Gasteiger partial charge in [-0.15, -0.1) is 0 Å². The summed E-state index contributed by atoms with van der Waals surface area (Å²) in [6.45, 7) is 4.37. The number of carboxylic acids is 1. The first kappa shape index (κ1) is 16.0. The molecule has 7 nitrogen and oxygen atoms in total. The molecule has 0 unspecified atom stereocenters. The molecule has 1 aliphatic rings. The van der Waals surface area contributed by atoms with Crippen LogP contribution in [0.1, 0.15) is 39.2 Å². The maximum atomic E-state index is 12.5. The Labute approximate surface area is 124 Å². The molecule has 1 aromatic heterocycles. The van der Waals surface area contributed by atoms with Gasteiger partial charge in [0.05, 0.1) is 12.2 Å². The molecule has 1 fully saturated rings. The lowest BCUT2D eigenvalue weighted by Crippen LogP contribution is -2.42. The highest BCUT2D eigenvalue weighted by atomic mass is 32.2. The topological polar surface area (TPSA) is 92.5 Å². The van der Waals surface area contributed by atoms with E-state index in [1.54, 1.807) is 4.57 Å². The van der Waals surface area contributed by atoms with Gasteiger partial charge in [0.15, 0.2) is 5.03 Å². The minimum atomic E-state index is -3.71. The lowest BCUT2D eigenvalue weighted by atomic mass is 10.0. The second-order valence-electron chi connectivity index (χ2n) is 5.46. The summed E-state index contributed by atoms with van der Waals surface area (Å²) in [4.78, 5) is 15.0. The van der Waals surface area contributed by atoms with Crippen molar-refractivity contribution >= 4 is 16.0 Å². The van der Waals surface area contributed by atoms with Gasteiger partial charge in [-0.3, -0.25) is 4.79 Å². The molecule has 1 N–H and O–H groups in total. The van der Waals surface area contributed by atoms with Gasteiger partial charge < -0.3 is 9.67 Å². The molecule has 1 aliphatic heterocycles. The first-order chi connectivity index (χ1) is 9.86. The number of hydrogen-bond donors (Lipinski definition) is 1. The molecule has 0 radical (unpaired) electrons. The van der Waals surface area contributed by atoms with Gasteiger partial charge >= 0.3 is 5.97 Å². The van der Waals surface area contributed by atoms with Crippen molar-refractivity contribution in [2.75, 3.05) is 13.1 Å². The largest absolute Gasteiger partial charge is 0.481 e. The van der Waals surface area contributed by atoms with Crippen LogP contribution in [0.4, 0.5) is 0 Å². The van der Waals surface area contributed by atoms with Crippen molar-refractivity contribution < 1.29 is 18.3 Å². The Kier molecular flexibility index (Phi) is 4.67. The number of imidazole rings is 1. The summed E-state index contributed by atoms with van der Waals surface area (Å²) in [6, 6.07) is 0.176. The molecular weight excluding hydrogens is 294 g/mol. The number of hydrogen-bond acceptors (Lipinski definition) is 4. The van der Waals surface area contributed by atoms with E-state index in [0.717, 1.165) is 6.42 Å². The quantitative estimate of drug-likeness (QED) is 0.885. The molecule has 0 aromatic carbocycles. The van der Waals surface area contributed by atoms with Crippen LogP contribution in [0.15, 0.2) is 17.6 Å². The summed E-state index contributed by atoms with van der Waals surface area (Å²) < 4.78 is 28.1. The Morgan fingerprint density at radius 2 is 2.29 bits per heavy atom. The number of rotatable bonds is 5. The zero-order valence-corrected chi connectivity index (χ0v) is 13.1. The fourth-order valence-corrected chi connectivity index (χ4v) is 3.84. The molecule has 2 rings (SSSR count). The monoisotopic (exact) mass is 315 g/mol. The van der Waals surface area contributed by atoms with Crippen LogP contribution in [0.5, 0.6) is 0 Å². The van der Waals surface area contributed by atoms with Crippen LogP contribution >= 0.6 is 0 Å². The Bertz CT molecular complexity index is 611. The maximum Gasteiger partial charge on any atom is 0.307 e. The molecule has 0 aliphatic carbocycles. The zero-order valence-electron chi connectivity index (χ0n) is 12.3. The number of aromatic nitrogens is 2. The SMILES string of the molecule is CC[C@H](C)n1cnc(S(=O)(=O)N2CCC[C@@H](C(=O)O)C2)c1. The van der Waals surface area contributed by atoms with E-state index in [4.69, 9.17) is 5.11 Å². The van der Waals surface area contributed by atoms with E-state index in [1.165, 1.54) is 16.8 Å². The van der Waals surface area contributed by atoms with Gasteiger partial charge in [0.2, 0.25) is 0 Å². The van der Waals surface area contributed by atoms with Gasteiger partial charge in [-0.05, 0) is 26.2 Å². The fourth-order valence-electron chi connectivity index (χ4n) is 2.40. The summed E-state index contributed by atoms with van der Waals surface area (Å²) in [5, 5.41) is 9.05. The van der Waals surface area contributed by atoms with Crippen LogP contribution in [0.25, 0.3) is 0 Å². The predicted octanol–water partition coefficient (Wildman–Crippen LogP) is 1.34. The van der Waals surface area contributed by atoms with Crippen molar-refractivity contribution in [2.24, 2.45) is 5.92 Å². The average molecular weight is 315 g/mol. The van der Waals surface area contributed by atoms with E-state index in [9.17, 15) is 13.2 Å². The number of sulfonamides is 1. The van der Waals surface area contributed by atoms with Crippen LogP contribution in [0.3, 0.4) is 0 Å². The molecule has 118 valence electrons. The first-order valence-electron chi connectivity index (χ1n) is 7.12. The second kappa shape index (κ2) is 6.15. The third kappa shape index (κ3) is 3.26. The molecule has 0 spiro atoms. The van der Waals surface area contributed by atoms with Crippen LogP contribution < -0.4 is 0 Å². The van der Waals surface area contributed by atoms with Crippen LogP contribution in [-0.4, -0.2) is 46.4 Å². The van der Waals surface area contributed by atoms with Gasteiger partial charge in [-0.25, -0.2) is 13.4 Å². The summed E-state index contributed by atoms with van der Waals surface area (Å²) in [5.74, 6) is -1.58. The van der Waals surface area contributed by atoms with Gasteiger partial charge in [-0.1, -0.05) is 6.92 Å². The highest BCUT2D eigenvalue weighted by Gasteiger charge is 2.34. The number of carbonyl (C=O) groups is 1. The highest BCUT2D eigenvalue weighted by Crippen LogP contribution is 2.23. The smallest absolute Gasteiger partial charge is 0.307 e. The number of carboxylic acid groups (broad SMARTS) is 1. The standard InChI is InChI=1S/C13H21N3O4S/c1-3-10(2)15-8-12(14-9-15)21(19,20)16-6-4-5-11(7-16)13(17)18/h8-11H,3-7H2,1-2H3,(H,17,18)/t10-,11+/m0/s1. The zero-order chi connectivity index (χ0) is 15.6. The fraction of sp³-hybridized carbons (Fsp3) is 0.692. The number of aliphatic carboxylic acids is 1. The minimum absolute atomic E-state index is 0.00570. The summed E-state index contributed by atoms with van der Waals surface area (Å²) in [5.41, 5.74) is 0. The molecule has 0 saturated carbocycles. The lowest BCUT2D eigenvalue weighted by molar-refractivity contribution is -0.142. The van der Waals surface area contributed by atoms with E-state index in [-0.39, 0.29) is 17.6 Å². The van der Waals surface area contributed by atoms with E-state index in [2.05, 4.69) is 4.98 Å². The van der Waals surface area contributed by atoms with Gasteiger partial charge in [0, 0.05) is 25.3 Å². The van der Waals surface area contributed by atoms with Crippen LogP contribution in [0.2, 0.25) is 0 Å². The van der Waals surface area contributed by atoms with Gasteiger partial charge in [-0.2, -0.15) is 4.31 Å². The number of piperidine rings is 1. The van der Waals surface area contributed by atoms with Crippen molar-refractivity contribution in [2.45, 2.75) is 44.2 Å². The molecule has 1 saturated heterocycles. The van der Waals surface area contributed by atoms with Gasteiger partial charge in [0.1, 0.15) is 0 Å². The molecule has 0 bridgehead atoms. The van der Waals surface area contributed by atoms with E-state index in [0.29, 0.717) is 19.4 Å². The van der Waals surface area contributed by atoms with Crippen molar-refractivity contribution in [3.8, 4) is 0 Å². The Morgan fingerprint density at radius 3 is 2.90 bits per heavy atom. The third-order valence-corrected chi connectivity index (χ3v) is 5.77. The molecular formula is C13H21N3O4S. The van der Waals surface area contributed by atoms with Crippen LogP contribution in [-0.2, 0) is 14.8 Å². The van der Waals surface area contributed by atoms with Crippen LogP contribution in [0, 0.1) is 5.92 Å². The Morgan fingerprint density at radius 1 is 1.57 bits per heavy atom. The third-order valence-electron chi connectivity index (χ3n) is 4.02. The van der Waals surface area contributed by atoms with E-state index in [1.807, 2.05) is 13.8 Å². The maximum absolute atomic E-state index is 12.5. The Balaban J connectivity index is 2.21. The molecule has 1 aromatic rings. The molecule has 21 heavy (non-hydrogen) atoms. The average Bonchev–Trinajstić information content (AvgIpc) is 2.97. The summed E-state index contributed by atoms with van der Waals surface area (Å²) in [6.07, 6.45) is 4.99. The predicted molar refractivity (Wildman–Crippen MR) is 76.3 cm³/mol. The van der Waals surface area contributed by atoms with Crippen molar-refractivity contribution in [3.05, 3.63) is 12.5 Å². The first-order valence-corrected chi connectivity index (χ1v) is 8.56. The Hall–Kier alpha value is -1.41. The van der Waals surface area contributed by atoms with E-state index < -0.39 is 21.9 Å². The minimum Gasteiger partial charge on any atom is -0.481 e. The van der Waals surface area contributed by atoms with E-state index >= 15 is 0 Å². The summed E-state index contributed by atoms with van der Waals surface area (Å²) >= 11 is 0. The summed E-state index contributed by atoms with van der Waals surface area (Å²) in [7, 11) is -3.71. The number of nitrogens with zero attached hydrogens (tertiary/aromatic N) is 3.